The van der Waals surface area contributed by atoms with Crippen molar-refractivity contribution in [3.63, 3.8) is 0 Å². The molecular formula is C9H13N3O2S. The zero-order chi connectivity index (χ0) is 11.1. The molecule has 2 N–H and O–H groups in total. The van der Waals surface area contributed by atoms with Crippen LogP contribution in [-0.4, -0.2) is 33.8 Å². The van der Waals surface area contributed by atoms with E-state index in [0.29, 0.717) is 13.0 Å². The molecule has 0 spiro atoms. The van der Waals surface area contributed by atoms with Crippen LogP contribution >= 0.6 is 11.8 Å². The van der Waals surface area contributed by atoms with Gasteiger partial charge in [-0.05, 0) is 12.7 Å². The number of carboxylic acid groups (broad SMARTS) is 1. The minimum Gasteiger partial charge on any atom is -0.481 e. The van der Waals surface area contributed by atoms with E-state index in [9.17, 15) is 4.79 Å². The standard InChI is InChI=1S/C9H13N3O2S/c1-15-8-5-7(11-6-12-8)10-4-2-3-9(13)14/h5-6H,2-4H2,1H3,(H,13,14)(H,10,11,12). The SMILES string of the molecule is CSc1cc(NCCCC(=O)O)ncn1. The number of nitrogens with one attached hydrogen (secondary N) is 1. The van der Waals surface area contributed by atoms with Gasteiger partial charge < -0.3 is 10.4 Å². The van der Waals surface area contributed by atoms with Crippen molar-refractivity contribution in [2.24, 2.45) is 0 Å². The average Bonchev–Trinajstić information content (AvgIpc) is 2.24. The summed E-state index contributed by atoms with van der Waals surface area (Å²) in [6.45, 7) is 0.608. The molecule has 1 rings (SSSR count). The van der Waals surface area contributed by atoms with Crippen LogP contribution in [0.3, 0.4) is 0 Å². The maximum absolute atomic E-state index is 10.3. The minimum absolute atomic E-state index is 0.174. The van der Waals surface area contributed by atoms with Crippen LogP contribution in [0, 0.1) is 0 Å². The third-order valence-electron chi connectivity index (χ3n) is 1.72. The Balaban J connectivity index is 2.33. The molecule has 0 aliphatic carbocycles. The van der Waals surface area contributed by atoms with Gasteiger partial charge in [-0.25, -0.2) is 9.97 Å². The van der Waals surface area contributed by atoms with Gasteiger partial charge in [-0.2, -0.15) is 0 Å². The normalized spacial score (nSPS) is 9.93. The third kappa shape index (κ3) is 4.64. The Hall–Kier alpha value is -1.30. The molecule has 0 aliphatic heterocycles. The van der Waals surface area contributed by atoms with E-state index in [1.54, 1.807) is 11.8 Å². The summed E-state index contributed by atoms with van der Waals surface area (Å²) in [5.41, 5.74) is 0. The van der Waals surface area contributed by atoms with E-state index in [4.69, 9.17) is 5.11 Å². The molecule has 0 bridgehead atoms. The molecule has 0 aromatic carbocycles. The molecule has 0 saturated heterocycles. The maximum atomic E-state index is 10.3. The summed E-state index contributed by atoms with van der Waals surface area (Å²) in [6.07, 6.45) is 4.20. The highest BCUT2D eigenvalue weighted by Gasteiger charge is 1.98. The number of hydrogen-bond donors (Lipinski definition) is 2. The van der Waals surface area contributed by atoms with Crippen LogP contribution in [0.25, 0.3) is 0 Å². The number of aromatic nitrogens is 2. The smallest absolute Gasteiger partial charge is 0.303 e. The van der Waals surface area contributed by atoms with Crippen LogP contribution in [0.4, 0.5) is 5.82 Å². The quantitative estimate of drug-likeness (QED) is 0.435. The molecule has 0 aliphatic rings. The first-order valence-corrected chi connectivity index (χ1v) is 5.76. The highest BCUT2D eigenvalue weighted by molar-refractivity contribution is 7.98. The van der Waals surface area contributed by atoms with E-state index < -0.39 is 5.97 Å². The molecular weight excluding hydrogens is 214 g/mol. The second-order valence-corrected chi connectivity index (χ2v) is 3.70. The summed E-state index contributed by atoms with van der Waals surface area (Å²) < 4.78 is 0. The lowest BCUT2D eigenvalue weighted by atomic mass is 10.3. The molecule has 82 valence electrons. The van der Waals surface area contributed by atoms with Gasteiger partial charge in [0, 0.05) is 19.0 Å². The van der Waals surface area contributed by atoms with Crippen molar-refractivity contribution >= 4 is 23.5 Å². The fourth-order valence-electron chi connectivity index (χ4n) is 1.00. The highest BCUT2D eigenvalue weighted by atomic mass is 32.2. The summed E-state index contributed by atoms with van der Waals surface area (Å²) in [7, 11) is 0. The van der Waals surface area contributed by atoms with Crippen molar-refractivity contribution in [2.75, 3.05) is 18.1 Å². The number of nitrogens with zero attached hydrogens (tertiary/aromatic N) is 2. The van der Waals surface area contributed by atoms with E-state index in [-0.39, 0.29) is 6.42 Å². The number of rotatable bonds is 6. The van der Waals surface area contributed by atoms with Crippen LogP contribution in [0.15, 0.2) is 17.4 Å². The second-order valence-electron chi connectivity index (χ2n) is 2.87. The van der Waals surface area contributed by atoms with Crippen molar-refractivity contribution in [1.29, 1.82) is 0 Å². The monoisotopic (exact) mass is 227 g/mol. The number of aliphatic carboxylic acids is 1. The summed E-state index contributed by atoms with van der Waals surface area (Å²) >= 11 is 1.54. The number of anilines is 1. The van der Waals surface area contributed by atoms with Gasteiger partial charge in [-0.3, -0.25) is 4.79 Å². The maximum Gasteiger partial charge on any atom is 0.303 e. The Morgan fingerprint density at radius 1 is 1.60 bits per heavy atom. The lowest BCUT2D eigenvalue weighted by Crippen LogP contribution is -2.06. The van der Waals surface area contributed by atoms with Gasteiger partial charge in [-0.15, -0.1) is 11.8 Å². The molecule has 0 radical (unpaired) electrons. The predicted molar refractivity (Wildman–Crippen MR) is 59.2 cm³/mol. The zero-order valence-corrected chi connectivity index (χ0v) is 9.25. The Labute approximate surface area is 92.3 Å². The van der Waals surface area contributed by atoms with E-state index in [1.807, 2.05) is 12.3 Å². The minimum atomic E-state index is -0.774. The van der Waals surface area contributed by atoms with Gasteiger partial charge in [0.1, 0.15) is 17.2 Å². The third-order valence-corrected chi connectivity index (χ3v) is 2.37. The predicted octanol–water partition coefficient (Wildman–Crippen LogP) is 1.48. The van der Waals surface area contributed by atoms with Gasteiger partial charge in [0.15, 0.2) is 0 Å². The van der Waals surface area contributed by atoms with Crippen LogP contribution in [0.5, 0.6) is 0 Å². The summed E-state index contributed by atoms with van der Waals surface area (Å²) in [5, 5.41) is 12.4. The Morgan fingerprint density at radius 3 is 3.07 bits per heavy atom. The first-order valence-electron chi connectivity index (χ1n) is 4.54. The molecule has 1 aromatic heterocycles. The highest BCUT2D eigenvalue weighted by Crippen LogP contribution is 2.13. The number of carboxylic acids is 1. The number of thioether (sulfide) groups is 1. The van der Waals surface area contributed by atoms with E-state index in [0.717, 1.165) is 10.8 Å². The summed E-state index contributed by atoms with van der Waals surface area (Å²) in [6, 6.07) is 1.84. The fourth-order valence-corrected chi connectivity index (χ4v) is 1.39. The van der Waals surface area contributed by atoms with Crippen LogP contribution in [-0.2, 0) is 4.79 Å². The number of carbonyl (C=O) groups is 1. The van der Waals surface area contributed by atoms with Crippen molar-refractivity contribution in [2.45, 2.75) is 17.9 Å². The number of hydrogen-bond acceptors (Lipinski definition) is 5. The largest absolute Gasteiger partial charge is 0.481 e. The van der Waals surface area contributed by atoms with Gasteiger partial charge in [0.2, 0.25) is 0 Å². The van der Waals surface area contributed by atoms with Gasteiger partial charge in [0.05, 0.1) is 0 Å². The first-order chi connectivity index (χ1) is 7.22. The Bertz CT molecular complexity index is 333. The second kappa shape index (κ2) is 6.23. The van der Waals surface area contributed by atoms with Crippen molar-refractivity contribution in [3.05, 3.63) is 12.4 Å². The lowest BCUT2D eigenvalue weighted by Gasteiger charge is -2.04. The van der Waals surface area contributed by atoms with Crippen LogP contribution in [0.1, 0.15) is 12.8 Å². The van der Waals surface area contributed by atoms with Crippen molar-refractivity contribution < 1.29 is 9.90 Å². The van der Waals surface area contributed by atoms with E-state index in [2.05, 4.69) is 15.3 Å². The summed E-state index contributed by atoms with van der Waals surface area (Å²) in [5.74, 6) is -0.0379. The molecule has 1 heterocycles. The molecule has 0 unspecified atom stereocenters. The van der Waals surface area contributed by atoms with Crippen molar-refractivity contribution in [3.8, 4) is 0 Å². The van der Waals surface area contributed by atoms with Gasteiger partial charge in [0.25, 0.3) is 0 Å². The lowest BCUT2D eigenvalue weighted by molar-refractivity contribution is -0.137. The Kier molecular flexibility index (Phi) is 4.89. The van der Waals surface area contributed by atoms with E-state index in [1.165, 1.54) is 6.33 Å². The van der Waals surface area contributed by atoms with Crippen LogP contribution < -0.4 is 5.32 Å². The van der Waals surface area contributed by atoms with E-state index >= 15 is 0 Å². The average molecular weight is 227 g/mol. The molecule has 0 atom stereocenters. The molecule has 0 fully saturated rings. The topological polar surface area (TPSA) is 75.1 Å². The van der Waals surface area contributed by atoms with Gasteiger partial charge >= 0.3 is 5.97 Å². The van der Waals surface area contributed by atoms with Crippen molar-refractivity contribution in [1.82, 2.24) is 9.97 Å². The van der Waals surface area contributed by atoms with Gasteiger partial charge in [-0.1, -0.05) is 0 Å². The Morgan fingerprint density at radius 2 is 2.40 bits per heavy atom. The molecule has 6 heteroatoms. The fraction of sp³-hybridized carbons (Fsp3) is 0.444. The molecule has 15 heavy (non-hydrogen) atoms. The first kappa shape index (κ1) is 11.8. The molecule has 0 saturated carbocycles. The summed E-state index contributed by atoms with van der Waals surface area (Å²) in [4.78, 5) is 18.3. The zero-order valence-electron chi connectivity index (χ0n) is 8.43. The molecule has 1 aromatic rings. The molecule has 0 amide bonds. The molecule has 5 nitrogen and oxygen atoms in total. The van der Waals surface area contributed by atoms with Crippen LogP contribution in [0.2, 0.25) is 0 Å².